The molecule has 6 nitrogen and oxygen atoms in total. The monoisotopic (exact) mass is 285 g/mol. The van der Waals surface area contributed by atoms with E-state index < -0.39 is 6.03 Å². The first-order valence-electron chi connectivity index (χ1n) is 6.21. The van der Waals surface area contributed by atoms with Crippen LogP contribution in [0.2, 0.25) is 0 Å². The highest BCUT2D eigenvalue weighted by molar-refractivity contribution is 6.09. The van der Waals surface area contributed by atoms with Crippen molar-refractivity contribution in [2.24, 2.45) is 5.73 Å². The van der Waals surface area contributed by atoms with E-state index in [9.17, 15) is 9.59 Å². The molecule has 0 aliphatic rings. The summed E-state index contributed by atoms with van der Waals surface area (Å²) >= 11 is 0. The van der Waals surface area contributed by atoms with Crippen molar-refractivity contribution in [1.82, 2.24) is 0 Å². The largest absolute Gasteiger partial charge is 0.497 e. The maximum Gasteiger partial charge on any atom is 0.316 e. The third kappa shape index (κ3) is 3.73. The van der Waals surface area contributed by atoms with Gasteiger partial charge in [0.1, 0.15) is 5.75 Å². The number of carbonyl (C=O) groups excluding carboxylic acids is 2. The van der Waals surface area contributed by atoms with E-state index in [-0.39, 0.29) is 5.91 Å². The Balaban J connectivity index is 2.17. The second kappa shape index (κ2) is 6.42. The second-order valence-corrected chi connectivity index (χ2v) is 4.22. The summed E-state index contributed by atoms with van der Waals surface area (Å²) in [6.45, 7) is 0. The predicted molar refractivity (Wildman–Crippen MR) is 80.6 cm³/mol. The third-order valence-electron chi connectivity index (χ3n) is 2.78. The molecule has 0 aromatic heterocycles. The van der Waals surface area contributed by atoms with Gasteiger partial charge in [-0.25, -0.2) is 4.79 Å². The first-order valence-corrected chi connectivity index (χ1v) is 6.21. The molecule has 0 aliphatic carbocycles. The number of benzene rings is 2. The summed E-state index contributed by atoms with van der Waals surface area (Å²) in [5.41, 5.74) is 6.39. The van der Waals surface area contributed by atoms with E-state index in [2.05, 4.69) is 10.6 Å². The van der Waals surface area contributed by atoms with E-state index >= 15 is 0 Å². The standard InChI is InChI=1S/C15H15N3O3/c1-21-11-8-6-10(7-9-11)17-14(19)12-4-2-3-5-13(12)18-15(16)20/h2-9H,1H3,(H,17,19)(H3,16,18,20). The molecule has 0 saturated heterocycles. The number of hydrogen-bond donors (Lipinski definition) is 3. The van der Waals surface area contributed by atoms with Gasteiger partial charge in [0.05, 0.1) is 18.4 Å². The molecule has 2 aromatic rings. The fourth-order valence-electron chi connectivity index (χ4n) is 1.80. The number of para-hydroxylation sites is 1. The van der Waals surface area contributed by atoms with Crippen LogP contribution in [0, 0.1) is 0 Å². The molecule has 6 heteroatoms. The van der Waals surface area contributed by atoms with Crippen molar-refractivity contribution in [2.75, 3.05) is 17.7 Å². The molecule has 0 radical (unpaired) electrons. The highest BCUT2D eigenvalue weighted by atomic mass is 16.5. The molecule has 2 rings (SSSR count). The van der Waals surface area contributed by atoms with Gasteiger partial charge in [-0.1, -0.05) is 12.1 Å². The SMILES string of the molecule is COc1ccc(NC(=O)c2ccccc2NC(N)=O)cc1. The number of nitrogens with two attached hydrogens (primary N) is 1. The molecule has 0 saturated carbocycles. The Kier molecular flexibility index (Phi) is 4.40. The van der Waals surface area contributed by atoms with Crippen molar-refractivity contribution in [3.63, 3.8) is 0 Å². The lowest BCUT2D eigenvalue weighted by Crippen LogP contribution is -2.22. The molecule has 0 atom stereocenters. The Morgan fingerprint density at radius 1 is 1.00 bits per heavy atom. The number of ether oxygens (including phenoxy) is 1. The minimum atomic E-state index is -0.723. The number of rotatable bonds is 4. The molecule has 0 fully saturated rings. The summed E-state index contributed by atoms with van der Waals surface area (Å²) in [7, 11) is 1.57. The van der Waals surface area contributed by atoms with Crippen molar-refractivity contribution in [3.8, 4) is 5.75 Å². The average molecular weight is 285 g/mol. The van der Waals surface area contributed by atoms with Gasteiger partial charge in [-0.3, -0.25) is 4.79 Å². The molecule has 2 aromatic carbocycles. The van der Waals surface area contributed by atoms with E-state index in [1.165, 1.54) is 0 Å². The number of primary amides is 1. The average Bonchev–Trinajstić information content (AvgIpc) is 2.48. The number of methoxy groups -OCH3 is 1. The quantitative estimate of drug-likeness (QED) is 0.805. The molecule has 0 aliphatic heterocycles. The highest BCUT2D eigenvalue weighted by Crippen LogP contribution is 2.19. The van der Waals surface area contributed by atoms with Gasteiger partial charge in [-0.15, -0.1) is 0 Å². The van der Waals surface area contributed by atoms with Crippen LogP contribution in [0.25, 0.3) is 0 Å². The number of urea groups is 1. The number of anilines is 2. The molecular weight excluding hydrogens is 270 g/mol. The fraction of sp³-hybridized carbons (Fsp3) is 0.0667. The van der Waals surface area contributed by atoms with Crippen LogP contribution in [-0.4, -0.2) is 19.0 Å². The van der Waals surface area contributed by atoms with Gasteiger partial charge in [-0.2, -0.15) is 0 Å². The van der Waals surface area contributed by atoms with Crippen LogP contribution in [0.5, 0.6) is 5.75 Å². The van der Waals surface area contributed by atoms with Crippen LogP contribution in [0.1, 0.15) is 10.4 Å². The fourth-order valence-corrected chi connectivity index (χ4v) is 1.80. The van der Waals surface area contributed by atoms with Crippen molar-refractivity contribution < 1.29 is 14.3 Å². The predicted octanol–water partition coefficient (Wildman–Crippen LogP) is 2.44. The summed E-state index contributed by atoms with van der Waals surface area (Å²) < 4.78 is 5.05. The lowest BCUT2D eigenvalue weighted by molar-refractivity contribution is 0.102. The maximum atomic E-state index is 12.2. The molecule has 21 heavy (non-hydrogen) atoms. The van der Waals surface area contributed by atoms with Gasteiger partial charge in [0.15, 0.2) is 0 Å². The molecule has 0 unspecified atom stereocenters. The van der Waals surface area contributed by atoms with Crippen LogP contribution < -0.4 is 21.1 Å². The minimum absolute atomic E-state index is 0.326. The van der Waals surface area contributed by atoms with Crippen LogP contribution in [0.3, 0.4) is 0 Å². The molecule has 4 N–H and O–H groups in total. The Morgan fingerprint density at radius 2 is 1.67 bits per heavy atom. The Morgan fingerprint density at radius 3 is 2.29 bits per heavy atom. The smallest absolute Gasteiger partial charge is 0.316 e. The Labute approximate surface area is 121 Å². The number of hydrogen-bond acceptors (Lipinski definition) is 3. The first kappa shape index (κ1) is 14.4. The summed E-state index contributed by atoms with van der Waals surface area (Å²) in [6, 6.07) is 12.8. The molecule has 3 amide bonds. The van der Waals surface area contributed by atoms with E-state index in [1.807, 2.05) is 0 Å². The van der Waals surface area contributed by atoms with Crippen LogP contribution >= 0.6 is 0 Å². The second-order valence-electron chi connectivity index (χ2n) is 4.22. The Hall–Kier alpha value is -3.02. The summed E-state index contributed by atoms with van der Waals surface area (Å²) in [5.74, 6) is 0.355. The minimum Gasteiger partial charge on any atom is -0.497 e. The van der Waals surface area contributed by atoms with Crippen LogP contribution in [0.4, 0.5) is 16.2 Å². The van der Waals surface area contributed by atoms with E-state index in [0.717, 1.165) is 0 Å². The number of carbonyl (C=O) groups is 2. The van der Waals surface area contributed by atoms with Crippen LogP contribution in [0.15, 0.2) is 48.5 Å². The summed E-state index contributed by atoms with van der Waals surface area (Å²) in [6.07, 6.45) is 0. The zero-order valence-electron chi connectivity index (χ0n) is 11.4. The molecule has 108 valence electrons. The third-order valence-corrected chi connectivity index (χ3v) is 2.78. The number of amides is 3. The first-order chi connectivity index (χ1) is 10.1. The van der Waals surface area contributed by atoms with Gasteiger partial charge >= 0.3 is 6.03 Å². The highest BCUT2D eigenvalue weighted by Gasteiger charge is 2.12. The van der Waals surface area contributed by atoms with E-state index in [0.29, 0.717) is 22.7 Å². The van der Waals surface area contributed by atoms with Gasteiger partial charge in [0.2, 0.25) is 0 Å². The Bertz CT molecular complexity index is 653. The van der Waals surface area contributed by atoms with Crippen molar-refractivity contribution in [2.45, 2.75) is 0 Å². The van der Waals surface area contributed by atoms with Gasteiger partial charge in [0, 0.05) is 5.69 Å². The van der Waals surface area contributed by atoms with Crippen LogP contribution in [-0.2, 0) is 0 Å². The molecule has 0 bridgehead atoms. The van der Waals surface area contributed by atoms with E-state index in [1.54, 1.807) is 55.6 Å². The zero-order valence-corrected chi connectivity index (χ0v) is 11.4. The zero-order chi connectivity index (χ0) is 15.2. The lowest BCUT2D eigenvalue weighted by atomic mass is 10.1. The molecular formula is C15H15N3O3. The van der Waals surface area contributed by atoms with Crippen molar-refractivity contribution in [1.29, 1.82) is 0 Å². The summed E-state index contributed by atoms with van der Waals surface area (Å²) in [4.78, 5) is 23.2. The normalized spacial score (nSPS) is 9.76. The van der Waals surface area contributed by atoms with Crippen molar-refractivity contribution >= 4 is 23.3 Å². The van der Waals surface area contributed by atoms with Crippen molar-refractivity contribution in [3.05, 3.63) is 54.1 Å². The van der Waals surface area contributed by atoms with Gasteiger partial charge < -0.3 is 21.1 Å². The number of nitrogens with one attached hydrogen (secondary N) is 2. The van der Waals surface area contributed by atoms with Gasteiger partial charge in [0.25, 0.3) is 5.91 Å². The molecule has 0 heterocycles. The lowest BCUT2D eigenvalue weighted by Gasteiger charge is -2.10. The van der Waals surface area contributed by atoms with Gasteiger partial charge in [-0.05, 0) is 36.4 Å². The van der Waals surface area contributed by atoms with E-state index in [4.69, 9.17) is 10.5 Å². The summed E-state index contributed by atoms with van der Waals surface area (Å²) in [5, 5.41) is 5.15. The topological polar surface area (TPSA) is 93.4 Å². The maximum absolute atomic E-state index is 12.2. The molecule has 0 spiro atoms.